The van der Waals surface area contributed by atoms with Crippen LogP contribution in [0.2, 0.25) is 0 Å². The Hall–Kier alpha value is -2.08. The van der Waals surface area contributed by atoms with Gasteiger partial charge in [0.05, 0.1) is 13.2 Å². The largest absolute Gasteiger partial charge is 0.487 e. The first-order valence-corrected chi connectivity index (χ1v) is 12.3. The molecule has 0 bridgehead atoms. The fourth-order valence-corrected chi connectivity index (χ4v) is 5.40. The highest BCUT2D eigenvalue weighted by atomic mass is 32.2. The van der Waals surface area contributed by atoms with Gasteiger partial charge in [-0.2, -0.15) is 4.31 Å². The van der Waals surface area contributed by atoms with Crippen LogP contribution in [0.15, 0.2) is 23.1 Å². The Labute approximate surface area is 185 Å². The van der Waals surface area contributed by atoms with E-state index in [1.165, 1.54) is 10.4 Å². The van der Waals surface area contributed by atoms with Gasteiger partial charge in [0, 0.05) is 43.5 Å². The molecule has 1 aromatic carbocycles. The second kappa shape index (κ2) is 9.60. The van der Waals surface area contributed by atoms with Crippen molar-refractivity contribution in [3.63, 3.8) is 0 Å². The van der Waals surface area contributed by atoms with Crippen molar-refractivity contribution >= 4 is 15.9 Å². The Balaban J connectivity index is 2.04. The molecule has 3 atom stereocenters. The lowest BCUT2D eigenvalue weighted by Gasteiger charge is -2.37. The topological polar surface area (TPSA) is 87.2 Å². The zero-order valence-electron chi connectivity index (χ0n) is 18.7. The summed E-state index contributed by atoms with van der Waals surface area (Å²) in [7, 11) is -2.15. The number of aliphatic hydroxyl groups is 1. The van der Waals surface area contributed by atoms with Crippen molar-refractivity contribution in [3.8, 4) is 17.6 Å². The second-order valence-corrected chi connectivity index (χ2v) is 10.4. The first kappa shape index (κ1) is 23.6. The molecule has 0 radical (unpaired) electrons. The predicted molar refractivity (Wildman–Crippen MR) is 118 cm³/mol. The van der Waals surface area contributed by atoms with Crippen molar-refractivity contribution in [2.24, 2.45) is 11.8 Å². The molecule has 2 aliphatic rings. The Morgan fingerprint density at radius 3 is 2.71 bits per heavy atom. The Morgan fingerprint density at radius 2 is 2.10 bits per heavy atom. The van der Waals surface area contributed by atoms with Crippen molar-refractivity contribution in [2.75, 3.05) is 26.7 Å². The molecule has 1 amide bonds. The predicted octanol–water partition coefficient (Wildman–Crippen LogP) is 2.09. The van der Waals surface area contributed by atoms with E-state index in [2.05, 4.69) is 11.8 Å². The van der Waals surface area contributed by atoms with E-state index in [9.17, 15) is 18.3 Å². The molecule has 0 saturated heterocycles. The molecule has 1 aliphatic heterocycles. The molecule has 1 fully saturated rings. The number of ether oxygens (including phenoxy) is 1. The van der Waals surface area contributed by atoms with E-state index in [1.54, 1.807) is 37.9 Å². The zero-order valence-corrected chi connectivity index (χ0v) is 19.5. The molecule has 0 unspecified atom stereocenters. The van der Waals surface area contributed by atoms with E-state index in [1.807, 2.05) is 6.92 Å². The van der Waals surface area contributed by atoms with Gasteiger partial charge in [0.2, 0.25) is 15.9 Å². The van der Waals surface area contributed by atoms with Crippen LogP contribution in [0.5, 0.6) is 5.75 Å². The number of hydrogen-bond acceptors (Lipinski definition) is 5. The van der Waals surface area contributed by atoms with Gasteiger partial charge in [-0.05, 0) is 38.0 Å². The summed E-state index contributed by atoms with van der Waals surface area (Å²) in [6, 6.07) is 4.33. The third-order valence-corrected chi connectivity index (χ3v) is 7.87. The highest BCUT2D eigenvalue weighted by Gasteiger charge is 2.38. The van der Waals surface area contributed by atoms with Crippen LogP contribution in [0.25, 0.3) is 0 Å². The first-order valence-electron chi connectivity index (χ1n) is 10.9. The van der Waals surface area contributed by atoms with Crippen LogP contribution in [-0.4, -0.2) is 67.5 Å². The first-order chi connectivity index (χ1) is 14.7. The average molecular weight is 449 g/mol. The maximum Gasteiger partial charge on any atom is 0.247 e. The maximum atomic E-state index is 13.4. The quantitative estimate of drug-likeness (QED) is 0.697. The van der Waals surface area contributed by atoms with Crippen LogP contribution in [0.4, 0.5) is 0 Å². The number of amides is 1. The van der Waals surface area contributed by atoms with E-state index in [0.29, 0.717) is 24.4 Å². The number of carbonyl (C=O) groups excluding carboxylic acids is 1. The molecule has 1 N–H and O–H groups in total. The van der Waals surface area contributed by atoms with Crippen molar-refractivity contribution < 1.29 is 23.1 Å². The summed E-state index contributed by atoms with van der Waals surface area (Å²) in [5, 5.41) is 9.70. The molecule has 1 aromatic rings. The lowest BCUT2D eigenvalue weighted by atomic mass is 10.0. The van der Waals surface area contributed by atoms with E-state index in [4.69, 9.17) is 4.74 Å². The zero-order chi connectivity index (χ0) is 22.8. The smallest absolute Gasteiger partial charge is 0.247 e. The summed E-state index contributed by atoms with van der Waals surface area (Å²) in [6.45, 7) is 5.63. The van der Waals surface area contributed by atoms with Gasteiger partial charge >= 0.3 is 0 Å². The third-order valence-electron chi connectivity index (χ3n) is 5.85. The van der Waals surface area contributed by atoms with Crippen LogP contribution in [0, 0.1) is 23.7 Å². The molecular weight excluding hydrogens is 416 g/mol. The van der Waals surface area contributed by atoms with Crippen LogP contribution in [0.3, 0.4) is 0 Å². The standard InChI is InChI=1S/C23H32N2O5S/c1-5-23(27)24(4)14-21-16(2)13-25(17(3)15-26)31(28,29)22-11-10-19(12-20(22)30-21)9-8-18-6-7-18/h10-12,16-18,21,26H,5-7,13-15H2,1-4H3/t16-,17-,21-/m0/s1. The van der Waals surface area contributed by atoms with Crippen molar-refractivity contribution in [3.05, 3.63) is 23.8 Å². The van der Waals surface area contributed by atoms with Crippen molar-refractivity contribution in [2.45, 2.75) is 57.1 Å². The number of nitrogens with zero attached hydrogens (tertiary/aromatic N) is 2. The van der Waals surface area contributed by atoms with Crippen LogP contribution < -0.4 is 4.74 Å². The molecule has 31 heavy (non-hydrogen) atoms. The van der Waals surface area contributed by atoms with Gasteiger partial charge in [-0.15, -0.1) is 0 Å². The second-order valence-electron chi connectivity index (χ2n) is 8.57. The molecule has 0 aromatic heterocycles. The third kappa shape index (κ3) is 5.40. The SMILES string of the molecule is CCC(=O)N(C)C[C@@H]1Oc2cc(C#CC3CC3)ccc2S(=O)(=O)N([C@@H](C)CO)C[C@@H]1C. The number of benzene rings is 1. The van der Waals surface area contributed by atoms with Crippen LogP contribution in [-0.2, 0) is 14.8 Å². The minimum Gasteiger partial charge on any atom is -0.487 e. The van der Waals surface area contributed by atoms with Crippen LogP contribution in [0.1, 0.15) is 45.6 Å². The van der Waals surface area contributed by atoms with E-state index in [0.717, 1.165) is 12.8 Å². The molecular formula is C23H32N2O5S. The van der Waals surface area contributed by atoms with E-state index in [-0.39, 0.29) is 35.6 Å². The molecule has 8 heteroatoms. The summed E-state index contributed by atoms with van der Waals surface area (Å²) in [6.07, 6.45) is 2.19. The fraction of sp³-hybridized carbons (Fsp3) is 0.609. The van der Waals surface area contributed by atoms with E-state index >= 15 is 0 Å². The molecule has 170 valence electrons. The highest BCUT2D eigenvalue weighted by Crippen LogP contribution is 2.34. The van der Waals surface area contributed by atoms with Gasteiger partial charge in [-0.3, -0.25) is 4.79 Å². The fourth-order valence-electron chi connectivity index (χ4n) is 3.58. The van der Waals surface area contributed by atoms with Crippen molar-refractivity contribution in [1.82, 2.24) is 9.21 Å². The summed E-state index contributed by atoms with van der Waals surface area (Å²) in [5.41, 5.74) is 0.701. The minimum atomic E-state index is -3.88. The number of carbonyl (C=O) groups is 1. The van der Waals surface area contributed by atoms with Gasteiger partial charge in [0.1, 0.15) is 16.7 Å². The number of aliphatic hydroxyl groups excluding tert-OH is 1. The molecule has 1 aliphatic carbocycles. The molecule has 1 heterocycles. The molecule has 7 nitrogen and oxygen atoms in total. The molecule has 1 saturated carbocycles. The lowest BCUT2D eigenvalue weighted by molar-refractivity contribution is -0.131. The normalized spacial score (nSPS) is 23.9. The summed E-state index contributed by atoms with van der Waals surface area (Å²) < 4.78 is 34.4. The average Bonchev–Trinajstić information content (AvgIpc) is 3.57. The van der Waals surface area contributed by atoms with Crippen LogP contribution >= 0.6 is 0 Å². The Kier molecular flexibility index (Phi) is 7.30. The van der Waals surface area contributed by atoms with Gasteiger partial charge in [-0.1, -0.05) is 25.7 Å². The number of sulfonamides is 1. The Morgan fingerprint density at radius 1 is 1.39 bits per heavy atom. The number of fused-ring (bicyclic) bond motifs is 1. The monoisotopic (exact) mass is 448 g/mol. The minimum absolute atomic E-state index is 0.00432. The number of likely N-dealkylation sites (N-methyl/N-ethyl adjacent to an activating group) is 1. The number of hydrogen-bond donors (Lipinski definition) is 1. The molecule has 3 rings (SSSR count). The summed E-state index contributed by atoms with van der Waals surface area (Å²) >= 11 is 0. The maximum absolute atomic E-state index is 13.4. The lowest BCUT2D eigenvalue weighted by Crippen LogP contribution is -2.50. The van der Waals surface area contributed by atoms with Gasteiger partial charge in [0.15, 0.2) is 0 Å². The van der Waals surface area contributed by atoms with E-state index < -0.39 is 22.2 Å². The highest BCUT2D eigenvalue weighted by molar-refractivity contribution is 7.89. The summed E-state index contributed by atoms with van der Waals surface area (Å²) in [4.78, 5) is 13.8. The summed E-state index contributed by atoms with van der Waals surface area (Å²) in [5.74, 6) is 6.76. The van der Waals surface area contributed by atoms with Gasteiger partial charge in [-0.25, -0.2) is 8.42 Å². The Bertz CT molecular complexity index is 977. The number of rotatable bonds is 5. The van der Waals surface area contributed by atoms with Crippen molar-refractivity contribution in [1.29, 1.82) is 0 Å². The van der Waals surface area contributed by atoms with Gasteiger partial charge < -0.3 is 14.7 Å². The van der Waals surface area contributed by atoms with Gasteiger partial charge in [0.25, 0.3) is 0 Å². The molecule has 0 spiro atoms.